The Bertz CT molecular complexity index is 458. The first-order valence-electron chi connectivity index (χ1n) is 9.34. The summed E-state index contributed by atoms with van der Waals surface area (Å²) in [5.74, 6) is 0.960. The van der Waals surface area contributed by atoms with Crippen molar-refractivity contribution in [3.05, 3.63) is 11.1 Å². The standard InChI is InChI=1S/C22H42O/c1-14(2)17-15(19(3,4)5)16(20(6,7)8)18(21(9,10)11)22(12,13)23-17/h14-15,17H,1-13H3. The molecule has 1 aliphatic rings. The summed E-state index contributed by atoms with van der Waals surface area (Å²) in [5, 5.41) is 0. The van der Waals surface area contributed by atoms with Crippen LogP contribution in [-0.4, -0.2) is 11.7 Å². The molecule has 0 saturated carbocycles. The van der Waals surface area contributed by atoms with Gasteiger partial charge in [-0.1, -0.05) is 81.7 Å². The molecule has 0 aromatic rings. The van der Waals surface area contributed by atoms with Crippen LogP contribution in [-0.2, 0) is 4.74 Å². The molecule has 0 spiro atoms. The molecule has 0 aromatic carbocycles. The lowest BCUT2D eigenvalue weighted by molar-refractivity contribution is -0.134. The highest BCUT2D eigenvalue weighted by atomic mass is 16.5. The van der Waals surface area contributed by atoms with Crippen LogP contribution in [0.2, 0.25) is 0 Å². The first kappa shape index (κ1) is 20.7. The van der Waals surface area contributed by atoms with Crippen molar-refractivity contribution < 1.29 is 4.74 Å². The lowest BCUT2D eigenvalue weighted by Crippen LogP contribution is -2.53. The molecule has 1 nitrogen and oxygen atoms in total. The number of rotatable bonds is 1. The first-order valence-corrected chi connectivity index (χ1v) is 9.34. The fraction of sp³-hybridized carbons (Fsp3) is 0.909. The molecule has 1 rings (SSSR count). The van der Waals surface area contributed by atoms with Gasteiger partial charge in [-0.05, 0) is 41.6 Å². The van der Waals surface area contributed by atoms with E-state index in [4.69, 9.17) is 4.74 Å². The van der Waals surface area contributed by atoms with E-state index in [1.54, 1.807) is 5.57 Å². The van der Waals surface area contributed by atoms with Crippen LogP contribution in [0.25, 0.3) is 0 Å². The van der Waals surface area contributed by atoms with E-state index in [-0.39, 0.29) is 27.9 Å². The van der Waals surface area contributed by atoms with E-state index in [9.17, 15) is 0 Å². The summed E-state index contributed by atoms with van der Waals surface area (Å²) in [6.07, 6.45) is 0.269. The Morgan fingerprint density at radius 1 is 0.826 bits per heavy atom. The zero-order chi connectivity index (χ0) is 18.6. The Morgan fingerprint density at radius 2 is 1.26 bits per heavy atom. The Balaban J connectivity index is 3.86. The highest BCUT2D eigenvalue weighted by Crippen LogP contribution is 2.56. The minimum atomic E-state index is -0.211. The predicted octanol–water partition coefficient (Wildman–Crippen LogP) is 6.87. The van der Waals surface area contributed by atoms with Crippen LogP contribution in [0, 0.1) is 28.1 Å². The van der Waals surface area contributed by atoms with Crippen molar-refractivity contribution in [1.29, 1.82) is 0 Å². The molecule has 23 heavy (non-hydrogen) atoms. The van der Waals surface area contributed by atoms with Gasteiger partial charge in [0.2, 0.25) is 0 Å². The molecule has 0 bridgehead atoms. The molecule has 1 heteroatoms. The molecule has 1 heterocycles. The molecular formula is C22H42O. The zero-order valence-corrected chi connectivity index (χ0v) is 18.1. The summed E-state index contributed by atoms with van der Waals surface area (Å²) < 4.78 is 6.78. The Labute approximate surface area is 146 Å². The molecule has 0 aliphatic carbocycles. The van der Waals surface area contributed by atoms with Gasteiger partial charge in [0.25, 0.3) is 0 Å². The van der Waals surface area contributed by atoms with Crippen molar-refractivity contribution in [2.24, 2.45) is 28.1 Å². The van der Waals surface area contributed by atoms with Gasteiger partial charge in [-0.2, -0.15) is 0 Å². The van der Waals surface area contributed by atoms with Crippen molar-refractivity contribution in [3.8, 4) is 0 Å². The number of ether oxygens (including phenoxy) is 1. The van der Waals surface area contributed by atoms with Crippen molar-refractivity contribution in [1.82, 2.24) is 0 Å². The molecular weight excluding hydrogens is 280 g/mol. The van der Waals surface area contributed by atoms with E-state index in [0.717, 1.165) is 0 Å². The fourth-order valence-electron chi connectivity index (χ4n) is 4.71. The van der Waals surface area contributed by atoms with Gasteiger partial charge in [0.15, 0.2) is 0 Å². The third-order valence-corrected chi connectivity index (χ3v) is 5.09. The second-order valence-corrected chi connectivity index (χ2v) is 11.5. The maximum atomic E-state index is 6.78. The summed E-state index contributed by atoms with van der Waals surface area (Å²) in [6.45, 7) is 30.5. The average molecular weight is 323 g/mol. The van der Waals surface area contributed by atoms with Crippen molar-refractivity contribution in [2.75, 3.05) is 0 Å². The number of hydrogen-bond donors (Lipinski definition) is 0. The van der Waals surface area contributed by atoms with E-state index in [2.05, 4.69) is 90.0 Å². The molecule has 1 aliphatic heterocycles. The molecule has 0 saturated heterocycles. The third kappa shape index (κ3) is 4.21. The van der Waals surface area contributed by atoms with Gasteiger partial charge in [0.1, 0.15) is 0 Å². The molecule has 0 fully saturated rings. The van der Waals surface area contributed by atoms with Crippen molar-refractivity contribution in [2.45, 2.75) is 102 Å². The summed E-state index contributed by atoms with van der Waals surface area (Å²) in [7, 11) is 0. The van der Waals surface area contributed by atoms with Gasteiger partial charge in [0.05, 0.1) is 11.7 Å². The van der Waals surface area contributed by atoms with E-state index in [1.807, 2.05) is 0 Å². The highest BCUT2D eigenvalue weighted by Gasteiger charge is 2.52. The minimum absolute atomic E-state index is 0.109. The van der Waals surface area contributed by atoms with Crippen LogP contribution in [0.15, 0.2) is 11.1 Å². The highest BCUT2D eigenvalue weighted by molar-refractivity contribution is 5.37. The topological polar surface area (TPSA) is 9.23 Å². The maximum absolute atomic E-state index is 6.78. The average Bonchev–Trinajstić information content (AvgIpc) is 2.20. The van der Waals surface area contributed by atoms with E-state index in [0.29, 0.717) is 11.8 Å². The largest absolute Gasteiger partial charge is 0.367 e. The van der Waals surface area contributed by atoms with Crippen LogP contribution in [0.3, 0.4) is 0 Å². The van der Waals surface area contributed by atoms with Gasteiger partial charge >= 0.3 is 0 Å². The van der Waals surface area contributed by atoms with Crippen LogP contribution in [0.5, 0.6) is 0 Å². The second-order valence-electron chi connectivity index (χ2n) is 11.5. The van der Waals surface area contributed by atoms with E-state index >= 15 is 0 Å². The normalized spacial score (nSPS) is 26.9. The van der Waals surface area contributed by atoms with Crippen LogP contribution in [0.4, 0.5) is 0 Å². The van der Waals surface area contributed by atoms with E-state index in [1.165, 1.54) is 5.57 Å². The van der Waals surface area contributed by atoms with Gasteiger partial charge in [-0.3, -0.25) is 0 Å². The quantitative estimate of drug-likeness (QED) is 0.478. The first-order chi connectivity index (χ1) is 9.90. The molecule has 0 N–H and O–H groups in total. The molecule has 0 radical (unpaired) electrons. The fourth-order valence-corrected chi connectivity index (χ4v) is 4.71. The number of hydrogen-bond acceptors (Lipinski definition) is 1. The lowest BCUT2D eigenvalue weighted by Gasteiger charge is -2.56. The Kier molecular flexibility index (Phi) is 5.32. The van der Waals surface area contributed by atoms with Crippen LogP contribution < -0.4 is 0 Å². The second kappa shape index (κ2) is 5.90. The summed E-state index contributed by atoms with van der Waals surface area (Å²) in [5.41, 5.74) is 3.37. The summed E-state index contributed by atoms with van der Waals surface area (Å²) in [4.78, 5) is 0. The molecule has 0 amide bonds. The van der Waals surface area contributed by atoms with Crippen molar-refractivity contribution in [3.63, 3.8) is 0 Å². The predicted molar refractivity (Wildman–Crippen MR) is 103 cm³/mol. The van der Waals surface area contributed by atoms with Crippen LogP contribution in [0.1, 0.15) is 90.0 Å². The Morgan fingerprint density at radius 3 is 1.52 bits per heavy atom. The summed E-state index contributed by atoms with van der Waals surface area (Å²) in [6, 6.07) is 0. The van der Waals surface area contributed by atoms with Gasteiger partial charge in [-0.15, -0.1) is 0 Å². The smallest absolute Gasteiger partial charge is 0.0847 e. The molecule has 2 atom stereocenters. The molecule has 2 unspecified atom stereocenters. The van der Waals surface area contributed by atoms with Crippen LogP contribution >= 0.6 is 0 Å². The third-order valence-electron chi connectivity index (χ3n) is 5.09. The van der Waals surface area contributed by atoms with Crippen molar-refractivity contribution >= 4 is 0 Å². The Hall–Kier alpha value is -0.300. The van der Waals surface area contributed by atoms with Gasteiger partial charge < -0.3 is 4.74 Å². The lowest BCUT2D eigenvalue weighted by atomic mass is 9.57. The van der Waals surface area contributed by atoms with Gasteiger partial charge in [0, 0.05) is 5.92 Å². The van der Waals surface area contributed by atoms with E-state index < -0.39 is 0 Å². The monoisotopic (exact) mass is 322 g/mol. The molecule has 0 aromatic heterocycles. The molecule has 136 valence electrons. The SMILES string of the molecule is CC(C)C1OC(C)(C)C(C(C)(C)C)=C(C(C)(C)C)C1C(C)(C)C. The summed E-state index contributed by atoms with van der Waals surface area (Å²) >= 11 is 0. The van der Waals surface area contributed by atoms with Gasteiger partial charge in [-0.25, -0.2) is 0 Å². The maximum Gasteiger partial charge on any atom is 0.0847 e. The minimum Gasteiger partial charge on any atom is -0.367 e. The zero-order valence-electron chi connectivity index (χ0n) is 18.1.